The number of aliphatic carboxylic acids is 2. The van der Waals surface area contributed by atoms with Gasteiger partial charge in [-0.25, -0.2) is 19.2 Å². The molecule has 0 aromatic heterocycles. The van der Waals surface area contributed by atoms with E-state index in [1.807, 2.05) is 13.8 Å². The molecule has 0 saturated heterocycles. The van der Waals surface area contributed by atoms with E-state index in [9.17, 15) is 19.2 Å². The lowest BCUT2D eigenvalue weighted by Crippen LogP contribution is -2.33. The highest BCUT2D eigenvalue weighted by molar-refractivity contribution is 5.85. The molecule has 6 N–H and O–H groups in total. The zero-order valence-electron chi connectivity index (χ0n) is 16.2. The summed E-state index contributed by atoms with van der Waals surface area (Å²) in [5, 5.41) is 15.8. The van der Waals surface area contributed by atoms with Crippen molar-refractivity contribution >= 4 is 24.1 Å². The highest BCUT2D eigenvalue weighted by Gasteiger charge is 2.26. The molecule has 0 heterocycles. The zero-order chi connectivity index (χ0) is 22.2. The second kappa shape index (κ2) is 15.2. The Bertz CT molecular complexity index is 477. The number of carboxylic acid groups (broad SMARTS) is 2. The zero-order valence-corrected chi connectivity index (χ0v) is 16.2. The number of amides is 2. The van der Waals surface area contributed by atoms with Crippen LogP contribution in [0.3, 0.4) is 0 Å². The summed E-state index contributed by atoms with van der Waals surface area (Å²) in [6, 6.07) is 0. The molecule has 0 aliphatic carbocycles. The van der Waals surface area contributed by atoms with Gasteiger partial charge in [0.1, 0.15) is 13.2 Å². The molecule has 0 fully saturated rings. The van der Waals surface area contributed by atoms with Gasteiger partial charge in [0.25, 0.3) is 0 Å². The summed E-state index contributed by atoms with van der Waals surface area (Å²) in [5.41, 5.74) is 9.64. The highest BCUT2D eigenvalue weighted by Crippen LogP contribution is 2.24. The van der Waals surface area contributed by atoms with Gasteiger partial charge in [-0.15, -0.1) is 0 Å². The van der Waals surface area contributed by atoms with Crippen molar-refractivity contribution in [3.63, 3.8) is 0 Å². The largest absolute Gasteiger partial charge is 0.478 e. The van der Waals surface area contributed by atoms with Gasteiger partial charge < -0.3 is 31.2 Å². The van der Waals surface area contributed by atoms with Crippen LogP contribution in [0, 0.1) is 5.41 Å². The van der Waals surface area contributed by atoms with E-state index in [1.165, 1.54) is 13.8 Å². The predicted octanol–water partition coefficient (Wildman–Crippen LogP) is 2.28. The van der Waals surface area contributed by atoms with Gasteiger partial charge in [0.05, 0.1) is 0 Å². The minimum atomic E-state index is -0.935. The number of hydrogen-bond acceptors (Lipinski definition) is 6. The molecule has 0 rings (SSSR count). The Morgan fingerprint density at radius 2 is 1.15 bits per heavy atom. The fourth-order valence-electron chi connectivity index (χ4n) is 1.28. The Labute approximate surface area is 158 Å². The van der Waals surface area contributed by atoms with Crippen molar-refractivity contribution in [1.82, 2.24) is 0 Å². The van der Waals surface area contributed by atoms with Crippen LogP contribution in [0.25, 0.3) is 0 Å². The van der Waals surface area contributed by atoms with Gasteiger partial charge in [0.15, 0.2) is 0 Å². The minimum absolute atomic E-state index is 0.115. The lowest BCUT2D eigenvalue weighted by molar-refractivity contribution is -0.133. The molecule has 27 heavy (non-hydrogen) atoms. The van der Waals surface area contributed by atoms with Crippen molar-refractivity contribution in [2.45, 2.75) is 40.5 Å². The molecule has 0 aliphatic heterocycles. The number of carbonyl (C=O) groups excluding carboxylic acids is 2. The van der Waals surface area contributed by atoms with E-state index in [0.29, 0.717) is 0 Å². The third-order valence-corrected chi connectivity index (χ3v) is 2.71. The fourth-order valence-corrected chi connectivity index (χ4v) is 1.28. The minimum Gasteiger partial charge on any atom is -0.478 e. The number of primary amides is 2. The summed E-state index contributed by atoms with van der Waals surface area (Å²) in [5.74, 6) is -1.87. The van der Waals surface area contributed by atoms with Gasteiger partial charge in [-0.05, 0) is 20.3 Å². The second-order valence-corrected chi connectivity index (χ2v) is 5.95. The van der Waals surface area contributed by atoms with Crippen molar-refractivity contribution in [1.29, 1.82) is 0 Å². The lowest BCUT2D eigenvalue weighted by Gasteiger charge is -2.27. The van der Waals surface area contributed by atoms with E-state index in [2.05, 4.69) is 13.2 Å². The Morgan fingerprint density at radius 1 is 0.889 bits per heavy atom. The van der Waals surface area contributed by atoms with Crippen molar-refractivity contribution in [2.24, 2.45) is 16.9 Å². The third-order valence-electron chi connectivity index (χ3n) is 2.71. The number of nitrogens with two attached hydrogens (primary N) is 2. The van der Waals surface area contributed by atoms with Crippen LogP contribution >= 0.6 is 0 Å². The van der Waals surface area contributed by atoms with Gasteiger partial charge in [-0.1, -0.05) is 33.4 Å². The Balaban J connectivity index is -0.000000394. The first-order valence-corrected chi connectivity index (χ1v) is 7.80. The summed E-state index contributed by atoms with van der Waals surface area (Å²) in [6.45, 7) is 13.2. The smallest absolute Gasteiger partial charge is 0.404 e. The van der Waals surface area contributed by atoms with E-state index in [-0.39, 0.29) is 24.4 Å². The van der Waals surface area contributed by atoms with E-state index in [0.717, 1.165) is 12.8 Å². The summed E-state index contributed by atoms with van der Waals surface area (Å²) < 4.78 is 9.40. The molecule has 0 unspecified atom stereocenters. The van der Waals surface area contributed by atoms with E-state index < -0.39 is 29.5 Å². The summed E-state index contributed by atoms with van der Waals surface area (Å²) in [7, 11) is 0. The Morgan fingerprint density at radius 3 is 1.30 bits per heavy atom. The number of hydrogen-bond donors (Lipinski definition) is 4. The molecular weight excluding hydrogens is 360 g/mol. The summed E-state index contributed by atoms with van der Waals surface area (Å²) in [4.78, 5) is 40.1. The molecule has 0 atom stereocenters. The van der Waals surface area contributed by atoms with Crippen LogP contribution in [0.15, 0.2) is 24.3 Å². The van der Waals surface area contributed by atoms with Crippen LogP contribution in [0.1, 0.15) is 40.5 Å². The fraction of sp³-hybridized carbons (Fsp3) is 0.529. The van der Waals surface area contributed by atoms with Gasteiger partial charge in [0.2, 0.25) is 0 Å². The lowest BCUT2D eigenvalue weighted by atomic mass is 9.87. The maximum Gasteiger partial charge on any atom is 0.404 e. The van der Waals surface area contributed by atoms with Crippen LogP contribution in [0.2, 0.25) is 0 Å². The first-order chi connectivity index (χ1) is 12.2. The molecule has 0 spiro atoms. The van der Waals surface area contributed by atoms with Gasteiger partial charge in [-0.2, -0.15) is 0 Å². The van der Waals surface area contributed by atoms with Gasteiger partial charge in [-0.3, -0.25) is 0 Å². The normalized spacial score (nSPS) is 9.33. The van der Waals surface area contributed by atoms with Crippen molar-refractivity contribution < 1.29 is 38.9 Å². The SMILES string of the molecule is C=C(C)C(=O)O.C=C(C)C(=O)O.CCCC(C)(COC(N)=O)COC(N)=O. The average Bonchev–Trinajstić information content (AvgIpc) is 2.52. The molecule has 10 heteroatoms. The molecule has 2 amide bonds. The molecule has 10 nitrogen and oxygen atoms in total. The molecule has 0 radical (unpaired) electrons. The van der Waals surface area contributed by atoms with Crippen LogP contribution < -0.4 is 11.5 Å². The molecule has 0 aromatic rings. The van der Waals surface area contributed by atoms with Gasteiger partial charge in [0, 0.05) is 16.6 Å². The third kappa shape index (κ3) is 23.0. The predicted molar refractivity (Wildman–Crippen MR) is 99.0 cm³/mol. The van der Waals surface area contributed by atoms with Crippen LogP contribution in [-0.4, -0.2) is 47.6 Å². The van der Waals surface area contributed by atoms with Crippen LogP contribution in [0.4, 0.5) is 9.59 Å². The number of carbonyl (C=O) groups is 4. The molecule has 0 aliphatic rings. The second-order valence-electron chi connectivity index (χ2n) is 5.95. The van der Waals surface area contributed by atoms with Gasteiger partial charge >= 0.3 is 24.1 Å². The average molecular weight is 390 g/mol. The molecule has 0 bridgehead atoms. The van der Waals surface area contributed by atoms with E-state index >= 15 is 0 Å². The summed E-state index contributed by atoms with van der Waals surface area (Å²) >= 11 is 0. The van der Waals surface area contributed by atoms with Crippen LogP contribution in [-0.2, 0) is 19.1 Å². The number of carboxylic acids is 2. The topological polar surface area (TPSA) is 179 Å². The molecule has 0 saturated carbocycles. The monoisotopic (exact) mass is 390 g/mol. The molecule has 156 valence electrons. The maximum atomic E-state index is 10.5. The van der Waals surface area contributed by atoms with E-state index in [1.54, 1.807) is 0 Å². The number of rotatable bonds is 8. The summed E-state index contributed by atoms with van der Waals surface area (Å²) in [6.07, 6.45) is -0.0540. The first kappa shape index (κ1) is 28.8. The highest BCUT2D eigenvalue weighted by atomic mass is 16.6. The quantitative estimate of drug-likeness (QED) is 0.455. The number of ether oxygens (including phenoxy) is 2. The van der Waals surface area contributed by atoms with Crippen molar-refractivity contribution in [3.8, 4) is 0 Å². The van der Waals surface area contributed by atoms with Crippen molar-refractivity contribution in [3.05, 3.63) is 24.3 Å². The van der Waals surface area contributed by atoms with Crippen molar-refractivity contribution in [2.75, 3.05) is 13.2 Å². The molecule has 0 aromatic carbocycles. The standard InChI is InChI=1S/C9H18N2O4.2C4H6O2/c1-3-4-9(2,5-14-7(10)12)6-15-8(11)13;2*1-3(2)4(5)6/h3-6H2,1-2H3,(H2,10,12)(H2,11,13);2*1H2,2H3,(H,5,6). The first-order valence-electron chi connectivity index (χ1n) is 7.80. The Hall–Kier alpha value is -3.04. The van der Waals surface area contributed by atoms with Crippen LogP contribution in [0.5, 0.6) is 0 Å². The maximum absolute atomic E-state index is 10.5. The Kier molecular flexibility index (Phi) is 16.2. The van der Waals surface area contributed by atoms with E-state index in [4.69, 9.17) is 31.2 Å². The molecular formula is C17H30N2O8.